The molecule has 0 saturated heterocycles. The molecule has 2 aromatic heterocycles. The highest BCUT2D eigenvalue weighted by Gasteiger charge is 2.02. The van der Waals surface area contributed by atoms with E-state index in [-0.39, 0.29) is 11.1 Å². The van der Waals surface area contributed by atoms with Crippen LogP contribution in [0.25, 0.3) is 0 Å². The molecule has 0 aliphatic rings. The molecule has 0 saturated carbocycles. The van der Waals surface area contributed by atoms with Crippen molar-refractivity contribution < 1.29 is 0 Å². The number of nitrogens with zero attached hydrogens (tertiary/aromatic N) is 3. The van der Waals surface area contributed by atoms with Gasteiger partial charge in [-0.05, 0) is 28.4 Å². The predicted octanol–water partition coefficient (Wildman–Crippen LogP) is 1.76. The van der Waals surface area contributed by atoms with Crippen LogP contribution in [0.4, 0.5) is 0 Å². The van der Waals surface area contributed by atoms with Crippen molar-refractivity contribution in [2.24, 2.45) is 7.05 Å². The fourth-order valence-electron chi connectivity index (χ4n) is 1.15. The molecule has 0 bridgehead atoms. The predicted molar refractivity (Wildman–Crippen MR) is 85.6 cm³/mol. The fraction of sp³-hybridized carbons (Fsp3) is 0.273. The van der Waals surface area contributed by atoms with Crippen molar-refractivity contribution in [2.75, 3.05) is 12.5 Å². The van der Waals surface area contributed by atoms with E-state index >= 15 is 0 Å². The summed E-state index contributed by atoms with van der Waals surface area (Å²) in [5.74, 6) is 0. The molecule has 108 valence electrons. The van der Waals surface area contributed by atoms with Gasteiger partial charge in [0.2, 0.25) is 0 Å². The lowest BCUT2D eigenvalue weighted by molar-refractivity contribution is 0.704. The second-order valence-electron chi connectivity index (χ2n) is 3.40. The monoisotopic (exact) mass is 376 g/mol. The standard InChI is InChI=1S/C6H7BrN2OS.C5H6N2OS/c1-9-5(10)4(7)3-8-6(9)11-2;1-9-5-6-3-2-4(8)7-5/h3H,1-2H3;2-3H,1H3,(H,6,7,8). The lowest BCUT2D eigenvalue weighted by Gasteiger charge is -2.02. The Balaban J connectivity index is 0.000000204. The van der Waals surface area contributed by atoms with Gasteiger partial charge in [0.15, 0.2) is 10.3 Å². The third-order valence-corrected chi connectivity index (χ3v) is 3.99. The number of hydrogen-bond donors (Lipinski definition) is 1. The molecule has 0 unspecified atom stereocenters. The van der Waals surface area contributed by atoms with Crippen LogP contribution in [0.15, 0.2) is 42.8 Å². The highest BCUT2D eigenvalue weighted by molar-refractivity contribution is 9.10. The number of nitrogens with one attached hydrogen (secondary N) is 1. The van der Waals surface area contributed by atoms with E-state index in [4.69, 9.17) is 0 Å². The fourth-order valence-corrected chi connectivity index (χ4v) is 2.40. The lowest BCUT2D eigenvalue weighted by atomic mass is 10.6. The zero-order valence-corrected chi connectivity index (χ0v) is 14.3. The molecule has 2 rings (SSSR count). The van der Waals surface area contributed by atoms with Crippen molar-refractivity contribution in [3.05, 3.63) is 43.6 Å². The van der Waals surface area contributed by atoms with Crippen LogP contribution in [0, 0.1) is 0 Å². The second kappa shape index (κ2) is 8.28. The Morgan fingerprint density at radius 3 is 2.45 bits per heavy atom. The van der Waals surface area contributed by atoms with Gasteiger partial charge in [0.1, 0.15) is 4.47 Å². The molecular formula is C11H13BrN4O2S2. The Bertz CT molecular complexity index is 687. The minimum Gasteiger partial charge on any atom is -0.301 e. The number of rotatable bonds is 2. The van der Waals surface area contributed by atoms with Gasteiger partial charge in [-0.2, -0.15) is 0 Å². The largest absolute Gasteiger partial charge is 0.301 e. The molecule has 0 amide bonds. The van der Waals surface area contributed by atoms with Crippen molar-refractivity contribution in [1.29, 1.82) is 0 Å². The number of aromatic amines is 1. The molecule has 0 spiro atoms. The van der Waals surface area contributed by atoms with E-state index in [1.54, 1.807) is 7.05 Å². The summed E-state index contributed by atoms with van der Waals surface area (Å²) in [5, 5.41) is 1.38. The van der Waals surface area contributed by atoms with Crippen LogP contribution in [0.1, 0.15) is 0 Å². The van der Waals surface area contributed by atoms with Crippen molar-refractivity contribution in [3.8, 4) is 0 Å². The molecule has 0 fully saturated rings. The lowest BCUT2D eigenvalue weighted by Crippen LogP contribution is -2.19. The van der Waals surface area contributed by atoms with E-state index in [9.17, 15) is 9.59 Å². The second-order valence-corrected chi connectivity index (χ2v) is 5.82. The summed E-state index contributed by atoms with van der Waals surface area (Å²) in [7, 11) is 1.70. The van der Waals surface area contributed by atoms with Gasteiger partial charge >= 0.3 is 0 Å². The van der Waals surface area contributed by atoms with E-state index in [1.165, 1.54) is 46.6 Å². The summed E-state index contributed by atoms with van der Waals surface area (Å²) in [6.07, 6.45) is 6.76. The van der Waals surface area contributed by atoms with Crippen LogP contribution in [-0.2, 0) is 7.05 Å². The Labute approximate surface area is 132 Å². The summed E-state index contributed by atoms with van der Waals surface area (Å²) in [6, 6.07) is 1.39. The quantitative estimate of drug-likeness (QED) is 0.635. The van der Waals surface area contributed by atoms with Gasteiger partial charge in [0.05, 0.1) is 0 Å². The molecule has 1 N–H and O–H groups in total. The van der Waals surface area contributed by atoms with Crippen LogP contribution in [0.3, 0.4) is 0 Å². The molecule has 0 aromatic carbocycles. The summed E-state index contributed by atoms with van der Waals surface area (Å²) < 4.78 is 2.01. The van der Waals surface area contributed by atoms with E-state index in [0.29, 0.717) is 9.63 Å². The minimum absolute atomic E-state index is 0.0515. The first kappa shape index (κ1) is 17.0. The van der Waals surface area contributed by atoms with E-state index < -0.39 is 0 Å². The Hall–Kier alpha value is -1.06. The Morgan fingerprint density at radius 2 is 1.95 bits per heavy atom. The van der Waals surface area contributed by atoms with Gasteiger partial charge < -0.3 is 4.98 Å². The molecule has 0 aliphatic carbocycles. The van der Waals surface area contributed by atoms with Gasteiger partial charge in [-0.1, -0.05) is 23.5 Å². The molecule has 0 atom stereocenters. The normalized spacial score (nSPS) is 9.80. The number of thioether (sulfide) groups is 2. The minimum atomic E-state index is -0.102. The average molecular weight is 377 g/mol. The Morgan fingerprint density at radius 1 is 1.25 bits per heavy atom. The average Bonchev–Trinajstić information content (AvgIpc) is 2.46. The van der Waals surface area contributed by atoms with Gasteiger partial charge in [0, 0.05) is 25.5 Å². The maximum Gasteiger partial charge on any atom is 0.268 e. The molecule has 6 nitrogen and oxygen atoms in total. The number of hydrogen-bond acceptors (Lipinski definition) is 6. The van der Waals surface area contributed by atoms with E-state index in [0.717, 1.165) is 5.16 Å². The maximum absolute atomic E-state index is 11.2. The summed E-state index contributed by atoms with van der Waals surface area (Å²) in [4.78, 5) is 32.2. The van der Waals surface area contributed by atoms with Crippen LogP contribution >= 0.6 is 39.5 Å². The van der Waals surface area contributed by atoms with Gasteiger partial charge in [-0.3, -0.25) is 14.2 Å². The van der Waals surface area contributed by atoms with Gasteiger partial charge in [-0.15, -0.1) is 0 Å². The maximum atomic E-state index is 11.2. The van der Waals surface area contributed by atoms with E-state index in [1.807, 2.05) is 12.5 Å². The number of aromatic nitrogens is 4. The van der Waals surface area contributed by atoms with E-state index in [2.05, 4.69) is 30.9 Å². The molecule has 2 aromatic rings. The SMILES string of the molecule is CSc1ncc(Br)c(=O)n1C.CSc1nccc(=O)[nH]1. The van der Waals surface area contributed by atoms with Crippen LogP contribution in [0.5, 0.6) is 0 Å². The van der Waals surface area contributed by atoms with Crippen LogP contribution in [-0.4, -0.2) is 32.0 Å². The van der Waals surface area contributed by atoms with Crippen LogP contribution < -0.4 is 11.1 Å². The van der Waals surface area contributed by atoms with Crippen molar-refractivity contribution in [1.82, 2.24) is 19.5 Å². The highest BCUT2D eigenvalue weighted by Crippen LogP contribution is 2.09. The van der Waals surface area contributed by atoms with Crippen molar-refractivity contribution in [3.63, 3.8) is 0 Å². The van der Waals surface area contributed by atoms with Crippen molar-refractivity contribution >= 4 is 39.5 Å². The van der Waals surface area contributed by atoms with Gasteiger partial charge in [0.25, 0.3) is 11.1 Å². The first-order chi connectivity index (χ1) is 9.49. The molecule has 0 radical (unpaired) electrons. The molecule has 2 heterocycles. The smallest absolute Gasteiger partial charge is 0.268 e. The molecular weight excluding hydrogens is 364 g/mol. The summed E-state index contributed by atoms with van der Waals surface area (Å²) >= 11 is 5.97. The molecule has 0 aliphatic heterocycles. The van der Waals surface area contributed by atoms with Crippen molar-refractivity contribution in [2.45, 2.75) is 10.3 Å². The summed E-state index contributed by atoms with van der Waals surface area (Å²) in [5.41, 5.74) is -0.154. The van der Waals surface area contributed by atoms with Crippen LogP contribution in [0.2, 0.25) is 0 Å². The highest BCUT2D eigenvalue weighted by atomic mass is 79.9. The zero-order valence-electron chi connectivity index (χ0n) is 11.1. The molecule has 20 heavy (non-hydrogen) atoms. The topological polar surface area (TPSA) is 80.6 Å². The number of halogens is 1. The third-order valence-electron chi connectivity index (χ3n) is 2.11. The first-order valence-electron chi connectivity index (χ1n) is 5.34. The summed E-state index contributed by atoms with van der Waals surface area (Å²) in [6.45, 7) is 0. The third kappa shape index (κ3) is 4.80. The molecule has 9 heteroatoms. The zero-order chi connectivity index (χ0) is 15.1. The first-order valence-corrected chi connectivity index (χ1v) is 8.58. The van der Waals surface area contributed by atoms with Gasteiger partial charge in [-0.25, -0.2) is 9.97 Å². The Kier molecular flexibility index (Phi) is 7.03. The number of H-pyrrole nitrogens is 1.